The van der Waals surface area contributed by atoms with E-state index in [9.17, 15) is 9.59 Å². The van der Waals surface area contributed by atoms with Gasteiger partial charge in [0.15, 0.2) is 12.6 Å². The number of carbonyl (C=O) groups excluding carboxylic acids is 2. The van der Waals surface area contributed by atoms with Crippen LogP contribution in [0.2, 0.25) is 0 Å². The minimum Gasteiger partial charge on any atom is -0.354 e. The van der Waals surface area contributed by atoms with E-state index in [-0.39, 0.29) is 23.4 Å². The lowest BCUT2D eigenvalue weighted by Gasteiger charge is -2.57. The average molecular weight is 294 g/mol. The lowest BCUT2D eigenvalue weighted by Crippen LogP contribution is -2.94. The van der Waals surface area contributed by atoms with E-state index in [1.54, 1.807) is 7.05 Å². The van der Waals surface area contributed by atoms with Gasteiger partial charge in [-0.1, -0.05) is 0 Å². The molecule has 4 aliphatic carbocycles. The third kappa shape index (κ3) is 3.07. The summed E-state index contributed by atoms with van der Waals surface area (Å²) in [6.45, 7) is 2.20. The van der Waals surface area contributed by atoms with E-state index < -0.39 is 0 Å². The quantitative estimate of drug-likeness (QED) is 0.655. The zero-order chi connectivity index (χ0) is 15.0. The molecule has 0 heterocycles. The van der Waals surface area contributed by atoms with Crippen LogP contribution >= 0.6 is 0 Å². The maximum Gasteiger partial charge on any atom is 0.278 e. The standard InChI is InChI=1S/C16H27N3O2/c1-10(18-9-14(20)17-2)15(21)19-16-6-11-3-12(7-16)5-13(4-11)8-16/h10-13,18H,3-9H2,1-2H3,(H,17,20)(H,19,21)/p+1/t10-,11?,12?,13?,16?/m0/s1. The van der Waals surface area contributed by atoms with Crippen LogP contribution in [0.5, 0.6) is 0 Å². The van der Waals surface area contributed by atoms with Crippen LogP contribution in [0.4, 0.5) is 0 Å². The molecule has 0 aromatic carbocycles. The number of hydrogen-bond donors (Lipinski definition) is 3. The van der Waals surface area contributed by atoms with Gasteiger partial charge in [-0.2, -0.15) is 0 Å². The van der Waals surface area contributed by atoms with Gasteiger partial charge in [0.1, 0.15) is 0 Å². The van der Waals surface area contributed by atoms with Gasteiger partial charge < -0.3 is 16.0 Å². The number of nitrogens with one attached hydrogen (secondary N) is 2. The molecule has 4 N–H and O–H groups in total. The van der Waals surface area contributed by atoms with E-state index in [1.807, 2.05) is 12.2 Å². The number of quaternary nitrogens is 1. The molecule has 0 unspecified atom stereocenters. The summed E-state index contributed by atoms with van der Waals surface area (Å²) >= 11 is 0. The van der Waals surface area contributed by atoms with Gasteiger partial charge in [-0.3, -0.25) is 9.59 Å². The molecule has 4 aliphatic rings. The molecule has 4 rings (SSSR count). The predicted molar refractivity (Wildman–Crippen MR) is 79.4 cm³/mol. The number of rotatable bonds is 5. The Morgan fingerprint density at radius 3 is 2.14 bits per heavy atom. The van der Waals surface area contributed by atoms with Crippen LogP contribution in [-0.4, -0.2) is 37.0 Å². The largest absolute Gasteiger partial charge is 0.354 e. The lowest BCUT2D eigenvalue weighted by atomic mass is 9.53. The third-order valence-electron chi connectivity index (χ3n) is 5.78. The van der Waals surface area contributed by atoms with Crippen molar-refractivity contribution in [3.63, 3.8) is 0 Å². The van der Waals surface area contributed by atoms with Gasteiger partial charge in [-0.05, 0) is 63.2 Å². The summed E-state index contributed by atoms with van der Waals surface area (Å²) in [5.41, 5.74) is 0.0704. The Morgan fingerprint density at radius 2 is 1.67 bits per heavy atom. The van der Waals surface area contributed by atoms with E-state index in [2.05, 4.69) is 10.6 Å². The van der Waals surface area contributed by atoms with Crippen molar-refractivity contribution in [2.75, 3.05) is 13.6 Å². The first-order valence-corrected chi connectivity index (χ1v) is 8.35. The fourth-order valence-corrected chi connectivity index (χ4v) is 5.13. The molecular formula is C16H28N3O2+. The molecule has 5 nitrogen and oxygen atoms in total. The highest BCUT2D eigenvalue weighted by molar-refractivity contribution is 5.81. The van der Waals surface area contributed by atoms with Crippen molar-refractivity contribution in [2.24, 2.45) is 17.8 Å². The molecule has 0 saturated heterocycles. The SMILES string of the molecule is CNC(=O)C[NH2+][C@@H](C)C(=O)NC12CC3CC(CC(C3)C1)C2. The topological polar surface area (TPSA) is 74.8 Å². The van der Waals surface area contributed by atoms with E-state index in [4.69, 9.17) is 0 Å². The Balaban J connectivity index is 1.56. The Labute approximate surface area is 126 Å². The first-order chi connectivity index (χ1) is 9.99. The summed E-state index contributed by atoms with van der Waals surface area (Å²) < 4.78 is 0. The highest BCUT2D eigenvalue weighted by Crippen LogP contribution is 2.55. The van der Waals surface area contributed by atoms with Crippen molar-refractivity contribution in [3.8, 4) is 0 Å². The second-order valence-electron chi connectivity index (χ2n) is 7.59. The van der Waals surface area contributed by atoms with Gasteiger partial charge in [-0.15, -0.1) is 0 Å². The number of nitrogens with two attached hydrogens (primary N) is 1. The molecule has 1 atom stereocenters. The highest BCUT2D eigenvalue weighted by Gasteiger charge is 2.51. The first-order valence-electron chi connectivity index (χ1n) is 8.35. The fraction of sp³-hybridized carbons (Fsp3) is 0.875. The fourth-order valence-electron chi connectivity index (χ4n) is 5.13. The molecule has 5 heteroatoms. The molecule has 0 spiro atoms. The number of carbonyl (C=O) groups is 2. The molecule has 4 fully saturated rings. The molecule has 2 amide bonds. The predicted octanol–water partition coefficient (Wildman–Crippen LogP) is -0.231. The van der Waals surface area contributed by atoms with Crippen molar-refractivity contribution in [1.82, 2.24) is 10.6 Å². The van der Waals surface area contributed by atoms with Crippen molar-refractivity contribution < 1.29 is 14.9 Å². The molecule has 0 aliphatic heterocycles. The minimum atomic E-state index is -0.199. The number of likely N-dealkylation sites (N-methyl/N-ethyl adjacent to an activating group) is 1. The van der Waals surface area contributed by atoms with Crippen molar-refractivity contribution in [1.29, 1.82) is 0 Å². The van der Waals surface area contributed by atoms with Gasteiger partial charge >= 0.3 is 0 Å². The Bertz CT molecular complexity index is 400. The van der Waals surface area contributed by atoms with Gasteiger partial charge in [0, 0.05) is 12.6 Å². The second kappa shape index (κ2) is 5.59. The maximum atomic E-state index is 12.5. The zero-order valence-corrected chi connectivity index (χ0v) is 13.2. The Kier molecular flexibility index (Phi) is 3.95. The molecule has 0 aromatic rings. The maximum absolute atomic E-state index is 12.5. The minimum absolute atomic E-state index is 0.0375. The molecule has 118 valence electrons. The van der Waals surface area contributed by atoms with Crippen LogP contribution in [-0.2, 0) is 9.59 Å². The molecular weight excluding hydrogens is 266 g/mol. The van der Waals surface area contributed by atoms with Crippen LogP contribution in [0.3, 0.4) is 0 Å². The van der Waals surface area contributed by atoms with Crippen LogP contribution in [0, 0.1) is 17.8 Å². The lowest BCUT2D eigenvalue weighted by molar-refractivity contribution is -0.663. The first kappa shape index (κ1) is 14.8. The van der Waals surface area contributed by atoms with Crippen molar-refractivity contribution >= 4 is 11.8 Å². The second-order valence-corrected chi connectivity index (χ2v) is 7.59. The summed E-state index contributed by atoms with van der Waals surface area (Å²) in [4.78, 5) is 23.7. The zero-order valence-electron chi connectivity index (χ0n) is 13.2. The molecule has 4 saturated carbocycles. The summed E-state index contributed by atoms with van der Waals surface area (Å²) in [6.07, 6.45) is 7.67. The van der Waals surface area contributed by atoms with E-state index in [0.717, 1.165) is 17.8 Å². The monoisotopic (exact) mass is 294 g/mol. The van der Waals surface area contributed by atoms with Crippen LogP contribution < -0.4 is 16.0 Å². The summed E-state index contributed by atoms with van der Waals surface area (Å²) in [5, 5.41) is 7.76. The van der Waals surface area contributed by atoms with Gasteiger partial charge in [0.25, 0.3) is 11.8 Å². The Morgan fingerprint density at radius 1 is 1.14 bits per heavy atom. The summed E-state index contributed by atoms with van der Waals surface area (Å²) in [5.74, 6) is 2.57. The smallest absolute Gasteiger partial charge is 0.278 e. The highest BCUT2D eigenvalue weighted by atomic mass is 16.2. The summed E-state index contributed by atoms with van der Waals surface area (Å²) in [7, 11) is 1.62. The van der Waals surface area contributed by atoms with E-state index in [1.165, 1.54) is 38.5 Å². The van der Waals surface area contributed by atoms with Crippen LogP contribution in [0.25, 0.3) is 0 Å². The van der Waals surface area contributed by atoms with Crippen LogP contribution in [0.1, 0.15) is 45.4 Å². The van der Waals surface area contributed by atoms with Gasteiger partial charge in [0.2, 0.25) is 0 Å². The third-order valence-corrected chi connectivity index (χ3v) is 5.78. The molecule has 21 heavy (non-hydrogen) atoms. The van der Waals surface area contributed by atoms with Gasteiger partial charge in [0.05, 0.1) is 0 Å². The molecule has 0 radical (unpaired) electrons. The average Bonchev–Trinajstić information content (AvgIpc) is 2.42. The molecule has 4 bridgehead atoms. The van der Waals surface area contributed by atoms with E-state index in [0.29, 0.717) is 6.54 Å². The molecule has 0 aromatic heterocycles. The number of hydrogen-bond acceptors (Lipinski definition) is 2. The normalized spacial score (nSPS) is 38.1. The van der Waals surface area contributed by atoms with E-state index >= 15 is 0 Å². The van der Waals surface area contributed by atoms with Gasteiger partial charge in [-0.25, -0.2) is 0 Å². The van der Waals surface area contributed by atoms with Crippen molar-refractivity contribution in [3.05, 3.63) is 0 Å². The summed E-state index contributed by atoms with van der Waals surface area (Å²) in [6, 6.07) is -0.199. The van der Waals surface area contributed by atoms with Crippen molar-refractivity contribution in [2.45, 2.75) is 57.0 Å². The number of amides is 2. The Hall–Kier alpha value is -1.10. The van der Waals surface area contributed by atoms with Crippen LogP contribution in [0.15, 0.2) is 0 Å².